The zero-order valence-electron chi connectivity index (χ0n) is 14.6. The van der Waals surface area contributed by atoms with Gasteiger partial charge in [0.15, 0.2) is 0 Å². The molecular formula is C22H22FNO2. The lowest BCUT2D eigenvalue weighted by Gasteiger charge is -2.40. The van der Waals surface area contributed by atoms with Crippen LogP contribution >= 0.6 is 0 Å². The van der Waals surface area contributed by atoms with E-state index in [2.05, 4.69) is 11.2 Å². The van der Waals surface area contributed by atoms with Gasteiger partial charge in [0.1, 0.15) is 18.2 Å². The second kappa shape index (κ2) is 8.05. The first kappa shape index (κ1) is 18.0. The minimum Gasteiger partial charge on any atom is -0.481 e. The monoisotopic (exact) mass is 351 g/mol. The van der Waals surface area contributed by atoms with Crippen LogP contribution in [0.3, 0.4) is 0 Å². The Balaban J connectivity index is 1.55. The summed E-state index contributed by atoms with van der Waals surface area (Å²) in [6.45, 7) is 0.813. The van der Waals surface area contributed by atoms with Crippen LogP contribution in [0, 0.1) is 18.2 Å². The highest BCUT2D eigenvalue weighted by atomic mass is 19.1. The molecule has 3 nitrogen and oxygen atoms in total. The largest absolute Gasteiger partial charge is 0.481 e. The van der Waals surface area contributed by atoms with Gasteiger partial charge in [-0.3, -0.25) is 4.79 Å². The van der Waals surface area contributed by atoms with Gasteiger partial charge >= 0.3 is 0 Å². The zero-order chi connectivity index (χ0) is 18.4. The fourth-order valence-electron chi connectivity index (χ4n) is 3.31. The molecule has 1 aliphatic rings. The number of carbonyl (C=O) groups excluding carboxylic acids is 1. The van der Waals surface area contributed by atoms with Gasteiger partial charge in [-0.05, 0) is 54.7 Å². The number of amides is 1. The van der Waals surface area contributed by atoms with E-state index in [0.29, 0.717) is 6.54 Å². The van der Waals surface area contributed by atoms with E-state index in [-0.39, 0.29) is 18.3 Å². The molecule has 1 saturated carbocycles. The Morgan fingerprint density at radius 1 is 1.15 bits per heavy atom. The van der Waals surface area contributed by atoms with Crippen molar-refractivity contribution in [2.24, 2.45) is 0 Å². The summed E-state index contributed by atoms with van der Waals surface area (Å²) in [5.41, 5.74) is 1.51. The average molecular weight is 351 g/mol. The molecule has 2 aromatic carbocycles. The van der Waals surface area contributed by atoms with Crippen molar-refractivity contribution in [2.75, 3.05) is 13.2 Å². The van der Waals surface area contributed by atoms with Crippen LogP contribution in [0.1, 0.15) is 30.4 Å². The van der Waals surface area contributed by atoms with Gasteiger partial charge in [-0.2, -0.15) is 0 Å². The van der Waals surface area contributed by atoms with E-state index in [4.69, 9.17) is 11.2 Å². The lowest BCUT2D eigenvalue weighted by molar-refractivity contribution is -0.129. The highest BCUT2D eigenvalue weighted by molar-refractivity contribution is 5.89. The van der Waals surface area contributed by atoms with E-state index >= 15 is 0 Å². The third-order valence-electron chi connectivity index (χ3n) is 4.98. The Labute approximate surface area is 153 Å². The first-order chi connectivity index (χ1) is 12.6. The van der Waals surface area contributed by atoms with Gasteiger partial charge in [0.25, 0.3) is 0 Å². The van der Waals surface area contributed by atoms with E-state index in [1.165, 1.54) is 12.1 Å². The summed E-state index contributed by atoms with van der Waals surface area (Å²) in [7, 11) is 0. The number of hydrogen-bond acceptors (Lipinski definition) is 2. The van der Waals surface area contributed by atoms with Gasteiger partial charge in [0, 0.05) is 6.54 Å². The van der Waals surface area contributed by atoms with E-state index in [1.807, 2.05) is 24.3 Å². The van der Waals surface area contributed by atoms with Crippen LogP contribution in [0.25, 0.3) is 0 Å². The summed E-state index contributed by atoms with van der Waals surface area (Å²) in [5.74, 6) is 2.92. The first-order valence-corrected chi connectivity index (χ1v) is 8.84. The van der Waals surface area contributed by atoms with E-state index in [1.54, 1.807) is 12.1 Å². The lowest BCUT2D eigenvalue weighted by Crippen LogP contribution is -2.49. The number of nitrogens with one attached hydrogen (secondary N) is 1. The number of ether oxygens (including phenoxy) is 1. The highest BCUT2D eigenvalue weighted by Crippen LogP contribution is 2.43. The molecule has 0 spiro atoms. The molecule has 134 valence electrons. The van der Waals surface area contributed by atoms with E-state index in [9.17, 15) is 9.18 Å². The Morgan fingerprint density at radius 3 is 2.42 bits per heavy atom. The average Bonchev–Trinajstić information content (AvgIpc) is 2.62. The molecule has 0 atom stereocenters. The molecular weight excluding hydrogens is 329 g/mol. The van der Waals surface area contributed by atoms with Crippen molar-refractivity contribution in [2.45, 2.75) is 31.1 Å². The van der Waals surface area contributed by atoms with Crippen molar-refractivity contribution in [3.8, 4) is 18.1 Å². The minimum absolute atomic E-state index is 0.0318. The van der Waals surface area contributed by atoms with Crippen molar-refractivity contribution >= 4 is 5.91 Å². The Bertz CT molecular complexity index is 786. The zero-order valence-corrected chi connectivity index (χ0v) is 14.6. The van der Waals surface area contributed by atoms with Crippen LogP contribution in [-0.2, 0) is 16.6 Å². The van der Waals surface area contributed by atoms with Crippen LogP contribution < -0.4 is 10.1 Å². The first-order valence-electron chi connectivity index (χ1n) is 8.84. The topological polar surface area (TPSA) is 38.3 Å². The highest BCUT2D eigenvalue weighted by Gasteiger charge is 2.45. The molecule has 0 bridgehead atoms. The van der Waals surface area contributed by atoms with Crippen molar-refractivity contribution in [3.05, 3.63) is 65.5 Å². The molecule has 1 fully saturated rings. The minimum atomic E-state index is -0.499. The van der Waals surface area contributed by atoms with Crippen LogP contribution in [0.4, 0.5) is 4.39 Å². The Morgan fingerprint density at radius 2 is 1.85 bits per heavy atom. The lowest BCUT2D eigenvalue weighted by atomic mass is 9.64. The molecule has 0 radical (unpaired) electrons. The second-order valence-corrected chi connectivity index (χ2v) is 6.59. The van der Waals surface area contributed by atoms with Crippen LogP contribution in [0.2, 0.25) is 0 Å². The third-order valence-corrected chi connectivity index (χ3v) is 4.98. The van der Waals surface area contributed by atoms with E-state index < -0.39 is 5.41 Å². The van der Waals surface area contributed by atoms with Gasteiger partial charge in [-0.15, -0.1) is 6.42 Å². The number of carbonyl (C=O) groups is 1. The van der Waals surface area contributed by atoms with Gasteiger partial charge < -0.3 is 10.1 Å². The normalized spacial score (nSPS) is 14.8. The van der Waals surface area contributed by atoms with Gasteiger partial charge in [0.05, 0.1) is 5.41 Å². The smallest absolute Gasteiger partial charge is 0.230 e. The van der Waals surface area contributed by atoms with E-state index in [0.717, 1.165) is 42.6 Å². The molecule has 0 aliphatic heterocycles. The number of benzene rings is 2. The molecule has 1 aliphatic carbocycles. The van der Waals surface area contributed by atoms with Crippen LogP contribution in [0.15, 0.2) is 48.5 Å². The summed E-state index contributed by atoms with van der Waals surface area (Å²) < 4.78 is 18.5. The maximum absolute atomic E-state index is 13.2. The van der Waals surface area contributed by atoms with Crippen molar-refractivity contribution in [1.82, 2.24) is 5.32 Å². The summed E-state index contributed by atoms with van der Waals surface area (Å²) in [4.78, 5) is 12.8. The fourth-order valence-corrected chi connectivity index (χ4v) is 3.31. The number of rotatable bonds is 7. The second-order valence-electron chi connectivity index (χ2n) is 6.59. The quantitative estimate of drug-likeness (QED) is 0.774. The Hall–Kier alpha value is -2.80. The molecule has 0 heterocycles. The summed E-state index contributed by atoms with van der Waals surface area (Å²) in [5, 5.41) is 3.05. The number of hydrogen-bond donors (Lipinski definition) is 1. The SMILES string of the molecule is C#CCOc1ccc(CCNC(=O)C2(c3ccc(F)cc3)CCC2)cc1. The summed E-state index contributed by atoms with van der Waals surface area (Å²) in [6, 6.07) is 14.0. The van der Waals surface area contributed by atoms with Crippen LogP contribution in [-0.4, -0.2) is 19.1 Å². The third kappa shape index (κ3) is 3.88. The van der Waals surface area contributed by atoms with Crippen molar-refractivity contribution < 1.29 is 13.9 Å². The predicted octanol–water partition coefficient (Wildman–Crippen LogP) is 3.62. The number of terminal acetylenes is 1. The van der Waals surface area contributed by atoms with Crippen LogP contribution in [0.5, 0.6) is 5.75 Å². The molecule has 0 unspecified atom stereocenters. The fraction of sp³-hybridized carbons (Fsp3) is 0.318. The van der Waals surface area contributed by atoms with Gasteiger partial charge in [0.2, 0.25) is 5.91 Å². The summed E-state index contributed by atoms with van der Waals surface area (Å²) >= 11 is 0. The van der Waals surface area contributed by atoms with Crippen molar-refractivity contribution in [3.63, 3.8) is 0 Å². The molecule has 1 amide bonds. The number of halogens is 1. The Kier molecular flexibility index (Phi) is 5.58. The maximum atomic E-state index is 13.2. The predicted molar refractivity (Wildman–Crippen MR) is 99.4 cm³/mol. The molecule has 0 saturated heterocycles. The van der Waals surface area contributed by atoms with Crippen molar-refractivity contribution in [1.29, 1.82) is 0 Å². The molecule has 26 heavy (non-hydrogen) atoms. The summed E-state index contributed by atoms with van der Waals surface area (Å²) in [6.07, 6.45) is 8.54. The molecule has 1 N–H and O–H groups in total. The molecule has 0 aromatic heterocycles. The molecule has 3 rings (SSSR count). The maximum Gasteiger partial charge on any atom is 0.230 e. The standard InChI is InChI=1S/C22H22FNO2/c1-2-16-26-20-10-4-17(5-11-20)12-15-24-21(25)22(13-3-14-22)18-6-8-19(23)9-7-18/h1,4-11H,3,12-16H2,(H,24,25). The van der Waals surface area contributed by atoms with Gasteiger partial charge in [-0.1, -0.05) is 36.6 Å². The molecule has 4 heteroatoms. The molecule has 2 aromatic rings. The van der Waals surface area contributed by atoms with Gasteiger partial charge in [-0.25, -0.2) is 4.39 Å².